The first-order chi connectivity index (χ1) is 30.7. The second kappa shape index (κ2) is 22.7. The molecular weight excluding hydrogens is 841 g/mol. The molecule has 0 bridgehead atoms. The third kappa shape index (κ3) is 17.0. The molecule has 4 aromatic carbocycles. The van der Waals surface area contributed by atoms with Gasteiger partial charge >= 0.3 is 24.1 Å². The molecule has 0 aliphatic rings. The van der Waals surface area contributed by atoms with Crippen LogP contribution in [0.5, 0.6) is 11.5 Å². The van der Waals surface area contributed by atoms with E-state index in [-0.39, 0.29) is 24.6 Å². The van der Waals surface area contributed by atoms with Crippen molar-refractivity contribution >= 4 is 45.7 Å². The first-order valence-corrected chi connectivity index (χ1v) is 23.0. The van der Waals surface area contributed by atoms with Crippen molar-refractivity contribution in [2.24, 2.45) is 0 Å². The largest absolute Gasteiger partial charge is 0.507 e. The summed E-state index contributed by atoms with van der Waals surface area (Å²) in [4.78, 5) is 51.5. The van der Waals surface area contributed by atoms with Gasteiger partial charge in [-0.25, -0.2) is 9.59 Å². The molecule has 0 aliphatic carbocycles. The summed E-state index contributed by atoms with van der Waals surface area (Å²) in [5.41, 5.74) is -0.861. The molecule has 0 saturated heterocycles. The van der Waals surface area contributed by atoms with E-state index in [2.05, 4.69) is 21.3 Å². The lowest BCUT2D eigenvalue weighted by Crippen LogP contribution is -2.41. The molecular formula is C52H74N4O10. The summed E-state index contributed by atoms with van der Waals surface area (Å²) >= 11 is 0. The number of esters is 2. The van der Waals surface area contributed by atoms with E-state index in [0.717, 1.165) is 10.8 Å². The number of alkyl carbamates (subject to hydrolysis) is 2. The maximum atomic E-state index is 13.6. The normalized spacial score (nSPS) is 13.2. The van der Waals surface area contributed by atoms with Crippen LogP contribution in [0.25, 0.3) is 32.7 Å². The van der Waals surface area contributed by atoms with Crippen molar-refractivity contribution in [3.05, 3.63) is 71.8 Å². The van der Waals surface area contributed by atoms with Crippen LogP contribution in [0.2, 0.25) is 0 Å². The number of aromatic hydroxyl groups is 2. The molecule has 0 saturated carbocycles. The lowest BCUT2D eigenvalue weighted by atomic mass is 9.88. The van der Waals surface area contributed by atoms with Crippen LogP contribution in [0.1, 0.15) is 133 Å². The second-order valence-electron chi connectivity index (χ2n) is 20.7. The molecule has 362 valence electrons. The summed E-state index contributed by atoms with van der Waals surface area (Å²) in [6.07, 6.45) is 2.15. The third-order valence-electron chi connectivity index (χ3n) is 10.1. The van der Waals surface area contributed by atoms with Gasteiger partial charge in [0.05, 0.1) is 0 Å². The monoisotopic (exact) mass is 915 g/mol. The summed E-state index contributed by atoms with van der Waals surface area (Å²) in [7, 11) is 0. The number of benzene rings is 4. The van der Waals surface area contributed by atoms with Gasteiger partial charge in [0.25, 0.3) is 0 Å². The highest BCUT2D eigenvalue weighted by Gasteiger charge is 2.29. The van der Waals surface area contributed by atoms with E-state index >= 15 is 0 Å². The predicted octanol–water partition coefficient (Wildman–Crippen LogP) is 10.1. The van der Waals surface area contributed by atoms with Crippen molar-refractivity contribution in [3.63, 3.8) is 0 Å². The van der Waals surface area contributed by atoms with Crippen LogP contribution in [0.15, 0.2) is 60.7 Å². The van der Waals surface area contributed by atoms with E-state index in [9.17, 15) is 29.4 Å². The topological polar surface area (TPSA) is 194 Å². The van der Waals surface area contributed by atoms with E-state index in [1.54, 1.807) is 83.1 Å². The van der Waals surface area contributed by atoms with Crippen molar-refractivity contribution in [2.75, 3.05) is 13.1 Å². The fourth-order valence-electron chi connectivity index (χ4n) is 7.34. The van der Waals surface area contributed by atoms with Gasteiger partial charge in [-0.3, -0.25) is 9.59 Å². The molecule has 2 atom stereocenters. The van der Waals surface area contributed by atoms with Gasteiger partial charge in [-0.1, -0.05) is 48.5 Å². The molecule has 0 fully saturated rings. The van der Waals surface area contributed by atoms with E-state index in [1.807, 2.05) is 60.7 Å². The van der Waals surface area contributed by atoms with Gasteiger partial charge in [-0.15, -0.1) is 0 Å². The average Bonchev–Trinajstić information content (AvgIpc) is 3.18. The van der Waals surface area contributed by atoms with Gasteiger partial charge < -0.3 is 50.4 Å². The second-order valence-corrected chi connectivity index (χ2v) is 20.7. The van der Waals surface area contributed by atoms with Crippen molar-refractivity contribution in [2.45, 2.75) is 169 Å². The Morgan fingerprint density at radius 3 is 1.17 bits per heavy atom. The number of phenols is 2. The Balaban J connectivity index is 1.65. The fraction of sp³-hybridized carbons (Fsp3) is 0.538. The van der Waals surface area contributed by atoms with Gasteiger partial charge in [0.1, 0.15) is 46.0 Å². The number of amides is 2. The maximum Gasteiger partial charge on any atom is 0.407 e. The predicted molar refractivity (Wildman–Crippen MR) is 259 cm³/mol. The molecule has 0 aliphatic heterocycles. The van der Waals surface area contributed by atoms with Gasteiger partial charge in [0, 0.05) is 48.4 Å². The molecule has 0 radical (unpaired) electrons. The first kappa shape index (κ1) is 53.0. The minimum absolute atomic E-state index is 0.0668. The van der Waals surface area contributed by atoms with Crippen LogP contribution >= 0.6 is 0 Å². The highest BCUT2D eigenvalue weighted by Crippen LogP contribution is 2.47. The minimum Gasteiger partial charge on any atom is -0.507 e. The molecule has 4 rings (SSSR count). The lowest BCUT2D eigenvalue weighted by molar-refractivity contribution is -0.158. The van der Waals surface area contributed by atoms with Crippen molar-refractivity contribution in [1.82, 2.24) is 21.3 Å². The number of nitrogens with one attached hydrogen (secondary N) is 4. The number of fused-ring (bicyclic) bond motifs is 2. The Labute approximate surface area is 390 Å². The third-order valence-corrected chi connectivity index (χ3v) is 10.1. The number of hydrogen-bond acceptors (Lipinski definition) is 12. The van der Waals surface area contributed by atoms with Crippen molar-refractivity contribution < 1.29 is 48.3 Å². The summed E-state index contributed by atoms with van der Waals surface area (Å²) < 4.78 is 22.3. The number of hydrogen-bond donors (Lipinski definition) is 6. The van der Waals surface area contributed by atoms with Crippen molar-refractivity contribution in [1.29, 1.82) is 0 Å². The number of phenolic OH excluding ortho intramolecular Hbond substituents is 2. The van der Waals surface area contributed by atoms with Gasteiger partial charge in [-0.05, 0) is 155 Å². The maximum absolute atomic E-state index is 13.6. The quantitative estimate of drug-likeness (QED) is 0.0297. The molecule has 4 aromatic rings. The first-order valence-electron chi connectivity index (χ1n) is 23.0. The van der Waals surface area contributed by atoms with Crippen LogP contribution in [0, 0.1) is 0 Å². The van der Waals surface area contributed by atoms with Gasteiger partial charge in [0.2, 0.25) is 0 Å². The standard InChI is InChI=1S/C52H74N4O10/c1-49(2,3)63-45(59)39(25-17-19-27-53-47(61)65-51(7,8)9)55-31-35-29-33-21-13-15-23-37(33)41(43(35)57)42-38-24-16-14-22-34(38)30-36(44(42)58)32-56-40(46(60)64-50(4,5)6)26-18-20-28-54-48(62)66-52(10,11)12/h13-16,21-24,29-30,39-40,55-58H,17-20,25-28,31-32H2,1-12H3,(H,53,61)(H,54,62)/t39-,40-/m0/s1. The SMILES string of the molecule is CC(C)(C)OC(=O)NCCCC[C@H](NCc1cc2ccccc2c(-c2c(O)c(CN[C@@H](CCCCNC(=O)OC(C)(C)C)C(=O)OC(C)(C)C)cc3ccccc23)c1O)C(=O)OC(C)(C)C. The Kier molecular flexibility index (Phi) is 18.3. The smallest absolute Gasteiger partial charge is 0.407 e. The van der Waals surface area contributed by atoms with Gasteiger partial charge in [-0.2, -0.15) is 0 Å². The van der Waals surface area contributed by atoms with E-state index in [4.69, 9.17) is 18.9 Å². The zero-order valence-electron chi connectivity index (χ0n) is 41.2. The molecule has 66 heavy (non-hydrogen) atoms. The molecule has 14 heteroatoms. The Morgan fingerprint density at radius 2 is 0.833 bits per heavy atom. The van der Waals surface area contributed by atoms with Crippen LogP contribution in [-0.4, -0.2) is 81.9 Å². The summed E-state index contributed by atoms with van der Waals surface area (Å²) in [6, 6.07) is 17.5. The molecule has 6 N–H and O–H groups in total. The highest BCUT2D eigenvalue weighted by molar-refractivity contribution is 6.10. The average molecular weight is 915 g/mol. The van der Waals surface area contributed by atoms with E-state index in [0.29, 0.717) is 84.6 Å². The lowest BCUT2D eigenvalue weighted by Gasteiger charge is -2.26. The van der Waals surface area contributed by atoms with Crippen LogP contribution in [-0.2, 0) is 41.6 Å². The van der Waals surface area contributed by atoms with Gasteiger partial charge in [0.15, 0.2) is 0 Å². The van der Waals surface area contributed by atoms with Crippen LogP contribution in [0.4, 0.5) is 9.59 Å². The van der Waals surface area contributed by atoms with Crippen molar-refractivity contribution in [3.8, 4) is 22.6 Å². The molecule has 0 heterocycles. The van der Waals surface area contributed by atoms with E-state index in [1.165, 1.54) is 0 Å². The Morgan fingerprint density at radius 1 is 0.500 bits per heavy atom. The molecule has 0 aromatic heterocycles. The Bertz CT molecular complexity index is 2140. The molecule has 0 unspecified atom stereocenters. The summed E-state index contributed by atoms with van der Waals surface area (Å²) in [5, 5.41) is 39.9. The Hall–Kier alpha value is -5.60. The number of rotatable bonds is 19. The molecule has 0 spiro atoms. The van der Waals surface area contributed by atoms with E-state index < -0.39 is 58.6 Å². The van der Waals surface area contributed by atoms with Crippen LogP contribution < -0.4 is 21.3 Å². The summed E-state index contributed by atoms with van der Waals surface area (Å²) in [6.45, 7) is 22.6. The number of carbonyl (C=O) groups excluding carboxylic acids is 4. The molecule has 14 nitrogen and oxygen atoms in total. The molecule has 2 amide bonds. The highest BCUT2D eigenvalue weighted by atomic mass is 16.6. The zero-order chi connectivity index (χ0) is 49.0. The fourth-order valence-corrected chi connectivity index (χ4v) is 7.34. The zero-order valence-corrected chi connectivity index (χ0v) is 41.2. The number of unbranched alkanes of at least 4 members (excludes halogenated alkanes) is 2. The number of carbonyl (C=O) groups is 4. The minimum atomic E-state index is -0.736. The number of ether oxygens (including phenoxy) is 4. The van der Waals surface area contributed by atoms with Crippen LogP contribution in [0.3, 0.4) is 0 Å². The summed E-state index contributed by atoms with van der Waals surface area (Å²) in [5.74, 6) is -1.01.